The Balaban J connectivity index is 1.44. The average Bonchev–Trinajstić information content (AvgIpc) is 3.45. The molecule has 0 saturated heterocycles. The Kier molecular flexibility index (Phi) is 10.2. The minimum atomic E-state index is -0.0828. The second-order valence-electron chi connectivity index (χ2n) is 11.9. The van der Waals surface area contributed by atoms with Crippen LogP contribution in [0.25, 0.3) is 33.4 Å². The number of anilines is 1. The van der Waals surface area contributed by atoms with Crippen LogP contribution < -0.4 is 14.8 Å². The first-order valence-corrected chi connectivity index (χ1v) is 17.7. The highest BCUT2D eigenvalue weighted by Crippen LogP contribution is 2.42. The maximum absolute atomic E-state index is 14.3. The summed E-state index contributed by atoms with van der Waals surface area (Å²) in [6, 6.07) is 30.9. The van der Waals surface area contributed by atoms with Gasteiger partial charge in [-0.25, -0.2) is 9.26 Å². The van der Waals surface area contributed by atoms with Crippen molar-refractivity contribution in [2.45, 2.75) is 40.8 Å². The SMILES string of the molecule is CCN(CC)c1ccc2c(-c3ccccc3C(=O)N(C)Cc3nnn(Cc4ccccc4)c3[125I])c3ccc(=[N+](CC)CC)cc-3oc2c1. The van der Waals surface area contributed by atoms with Gasteiger partial charge in [-0.3, -0.25) is 4.79 Å². The van der Waals surface area contributed by atoms with Crippen LogP contribution in [-0.4, -0.2) is 59.0 Å². The standard InChI is InChI=1S/C39H42IN6O2/c1-6-44(7-2)28-19-21-32-35(23-28)48-36-24-29(45(8-3)9-4)20-22-33(36)37(32)30-17-13-14-18-31(30)39(47)43(5)26-34-38(40)46(42-41-34)25-27-15-11-10-12-16-27/h10-24H,6-9,25-26H2,1-5H3/q+1/i40-2. The van der Waals surface area contributed by atoms with Gasteiger partial charge in [-0.1, -0.05) is 53.7 Å². The average molecular weight is 752 g/mol. The van der Waals surface area contributed by atoms with Crippen LogP contribution in [0, 0.1) is 3.70 Å². The highest BCUT2D eigenvalue weighted by molar-refractivity contribution is 14.1. The molecule has 2 aliphatic rings. The van der Waals surface area contributed by atoms with Crippen molar-refractivity contribution in [1.82, 2.24) is 24.5 Å². The number of halogens is 1. The lowest BCUT2D eigenvalue weighted by Gasteiger charge is -2.23. The lowest BCUT2D eigenvalue weighted by Crippen LogP contribution is -2.29. The van der Waals surface area contributed by atoms with Gasteiger partial charge in [-0.15, -0.1) is 5.10 Å². The van der Waals surface area contributed by atoms with Gasteiger partial charge in [0, 0.05) is 60.0 Å². The smallest absolute Gasteiger partial charge is 0.254 e. The summed E-state index contributed by atoms with van der Waals surface area (Å²) in [5.74, 6) is 0.708. The van der Waals surface area contributed by atoms with Gasteiger partial charge in [-0.05, 0) is 85.7 Å². The fourth-order valence-corrected chi connectivity index (χ4v) is 6.96. The molecule has 3 aromatic carbocycles. The minimum absolute atomic E-state index is 0.0828. The Labute approximate surface area is 295 Å². The fraction of sp³-hybridized carbons (Fsp3) is 0.282. The third kappa shape index (κ3) is 6.60. The van der Waals surface area contributed by atoms with Crippen molar-refractivity contribution >= 4 is 45.2 Å². The molecule has 9 heteroatoms. The van der Waals surface area contributed by atoms with E-state index in [-0.39, 0.29) is 5.91 Å². The number of aromatic nitrogens is 3. The van der Waals surface area contributed by atoms with Gasteiger partial charge in [0.1, 0.15) is 33.8 Å². The van der Waals surface area contributed by atoms with Crippen LogP contribution in [0.3, 0.4) is 0 Å². The molecule has 0 spiro atoms. The molecule has 0 saturated carbocycles. The van der Waals surface area contributed by atoms with Crippen molar-refractivity contribution in [1.29, 1.82) is 0 Å². The van der Waals surface area contributed by atoms with Gasteiger partial charge in [0.05, 0.1) is 19.2 Å². The van der Waals surface area contributed by atoms with Crippen molar-refractivity contribution in [3.8, 4) is 22.5 Å². The summed E-state index contributed by atoms with van der Waals surface area (Å²) < 4.78 is 11.8. The monoisotopic (exact) mass is 751 g/mol. The maximum Gasteiger partial charge on any atom is 0.254 e. The van der Waals surface area contributed by atoms with Crippen LogP contribution in [0.15, 0.2) is 95.4 Å². The quantitative estimate of drug-likeness (QED) is 0.0786. The van der Waals surface area contributed by atoms with Crippen LogP contribution in [0.5, 0.6) is 0 Å². The minimum Gasteiger partial charge on any atom is -0.456 e. The Bertz CT molecular complexity index is 2090. The molecule has 8 nitrogen and oxygen atoms in total. The summed E-state index contributed by atoms with van der Waals surface area (Å²) >= 11 is 2.28. The molecule has 0 radical (unpaired) electrons. The maximum atomic E-state index is 14.3. The fourth-order valence-electron chi connectivity index (χ4n) is 6.41. The molecule has 1 aliphatic carbocycles. The van der Waals surface area contributed by atoms with E-state index in [0.717, 1.165) is 85.6 Å². The molecule has 1 aromatic heterocycles. The van der Waals surface area contributed by atoms with Crippen LogP contribution in [0.1, 0.15) is 49.3 Å². The first kappa shape index (κ1) is 33.4. The van der Waals surface area contributed by atoms with Crippen LogP contribution >= 0.6 is 22.6 Å². The highest BCUT2D eigenvalue weighted by atomic mass is 125. The zero-order valence-electron chi connectivity index (χ0n) is 28.3. The third-order valence-corrected chi connectivity index (χ3v) is 10.2. The van der Waals surface area contributed by atoms with E-state index < -0.39 is 0 Å². The molecule has 4 aromatic rings. The molecule has 0 bridgehead atoms. The summed E-state index contributed by atoms with van der Waals surface area (Å²) in [6.07, 6.45) is 0. The molecule has 6 rings (SSSR count). The summed E-state index contributed by atoms with van der Waals surface area (Å²) in [4.78, 5) is 18.3. The van der Waals surface area contributed by atoms with Crippen LogP contribution in [-0.2, 0) is 13.1 Å². The van der Waals surface area contributed by atoms with E-state index >= 15 is 0 Å². The van der Waals surface area contributed by atoms with Gasteiger partial charge >= 0.3 is 0 Å². The zero-order valence-corrected chi connectivity index (χ0v) is 30.4. The van der Waals surface area contributed by atoms with E-state index in [9.17, 15) is 4.79 Å². The van der Waals surface area contributed by atoms with E-state index in [0.29, 0.717) is 18.7 Å². The number of hydrogen-bond donors (Lipinski definition) is 0. The van der Waals surface area contributed by atoms with Gasteiger partial charge < -0.3 is 14.2 Å². The largest absolute Gasteiger partial charge is 0.456 e. The number of benzene rings is 4. The molecular weight excluding hydrogens is 709 g/mol. The van der Waals surface area contributed by atoms with Gasteiger partial charge in [0.2, 0.25) is 5.36 Å². The molecule has 1 amide bonds. The van der Waals surface area contributed by atoms with E-state index in [1.54, 1.807) is 4.90 Å². The van der Waals surface area contributed by atoms with Gasteiger partial charge in [0.15, 0.2) is 0 Å². The van der Waals surface area contributed by atoms with E-state index in [4.69, 9.17) is 4.42 Å². The zero-order chi connectivity index (χ0) is 33.8. The molecule has 246 valence electrons. The van der Waals surface area contributed by atoms with Gasteiger partial charge in [0.25, 0.3) is 5.91 Å². The number of fused-ring (bicyclic) bond motifs is 2. The van der Waals surface area contributed by atoms with Crippen LogP contribution in [0.2, 0.25) is 0 Å². The molecular formula is C39H42IN6O2+. The van der Waals surface area contributed by atoms with Gasteiger partial charge in [-0.2, -0.15) is 0 Å². The highest BCUT2D eigenvalue weighted by Gasteiger charge is 2.25. The molecule has 0 atom stereocenters. The Hall–Kier alpha value is -4.51. The topological polar surface area (TPSA) is 70.4 Å². The summed E-state index contributed by atoms with van der Waals surface area (Å²) in [6.45, 7) is 13.2. The number of rotatable bonds is 11. The molecule has 1 aliphatic heterocycles. The second-order valence-corrected chi connectivity index (χ2v) is 12.9. The van der Waals surface area contributed by atoms with Crippen molar-refractivity contribution in [3.05, 3.63) is 117 Å². The lowest BCUT2D eigenvalue weighted by molar-refractivity contribution is 0.0784. The van der Waals surface area contributed by atoms with Crippen LogP contribution in [0.4, 0.5) is 5.69 Å². The van der Waals surface area contributed by atoms with Crippen molar-refractivity contribution in [2.75, 3.05) is 38.1 Å². The van der Waals surface area contributed by atoms with Crippen molar-refractivity contribution in [2.24, 2.45) is 0 Å². The van der Waals surface area contributed by atoms with Crippen molar-refractivity contribution in [3.63, 3.8) is 0 Å². The van der Waals surface area contributed by atoms with E-state index in [1.165, 1.54) is 0 Å². The predicted octanol–water partition coefficient (Wildman–Crippen LogP) is 7.38. The third-order valence-electron chi connectivity index (χ3n) is 9.02. The summed E-state index contributed by atoms with van der Waals surface area (Å²) in [5, 5.41) is 10.9. The number of hydrogen-bond acceptors (Lipinski definition) is 5. The summed E-state index contributed by atoms with van der Waals surface area (Å²) in [7, 11) is 1.83. The number of amides is 1. The lowest BCUT2D eigenvalue weighted by atomic mass is 9.90. The first-order chi connectivity index (χ1) is 23.4. The first-order valence-electron chi connectivity index (χ1n) is 16.7. The van der Waals surface area contributed by atoms with E-state index in [2.05, 4.69) is 119 Å². The molecule has 0 N–H and O–H groups in total. The van der Waals surface area contributed by atoms with Crippen molar-refractivity contribution < 1.29 is 9.21 Å². The molecule has 2 heterocycles. The Morgan fingerprint density at radius 3 is 2.33 bits per heavy atom. The number of nitrogens with zero attached hydrogens (tertiary/aromatic N) is 6. The number of carbonyl (C=O) groups excluding carboxylic acids is 1. The molecule has 0 fully saturated rings. The predicted molar refractivity (Wildman–Crippen MR) is 202 cm³/mol. The Morgan fingerprint density at radius 2 is 1.60 bits per heavy atom. The normalized spacial score (nSPS) is 11.3. The number of carbonyl (C=O) groups is 1. The molecule has 0 unspecified atom stereocenters. The van der Waals surface area contributed by atoms with E-state index in [1.807, 2.05) is 54.2 Å². The Morgan fingerprint density at radius 1 is 0.875 bits per heavy atom. The summed E-state index contributed by atoms with van der Waals surface area (Å²) in [5.41, 5.74) is 7.27. The molecule has 48 heavy (non-hydrogen) atoms. The second kappa shape index (κ2) is 14.7.